The van der Waals surface area contributed by atoms with E-state index in [4.69, 9.17) is 4.74 Å². The summed E-state index contributed by atoms with van der Waals surface area (Å²) in [6, 6.07) is 4.56. The zero-order chi connectivity index (χ0) is 21.7. The Labute approximate surface area is 177 Å². The molecule has 6 heteroatoms. The molecule has 1 saturated heterocycles. The largest absolute Gasteiger partial charge is 0.456 e. The summed E-state index contributed by atoms with van der Waals surface area (Å²) in [7, 11) is 0. The maximum Gasteiger partial charge on any atom is 0.330 e. The molecule has 0 N–H and O–H groups in total. The molecule has 1 aliphatic heterocycles. The molecular formula is C24H29NO5. The van der Waals surface area contributed by atoms with Crippen LogP contribution in [-0.4, -0.2) is 41.1 Å². The molecule has 3 fully saturated rings. The summed E-state index contributed by atoms with van der Waals surface area (Å²) in [6.07, 6.45) is 2.92. The topological polar surface area (TPSA) is 80.8 Å². The van der Waals surface area contributed by atoms with Gasteiger partial charge in [0, 0.05) is 5.56 Å². The van der Waals surface area contributed by atoms with Gasteiger partial charge in [-0.2, -0.15) is 0 Å². The van der Waals surface area contributed by atoms with Crippen molar-refractivity contribution >= 4 is 23.6 Å². The van der Waals surface area contributed by atoms with Gasteiger partial charge < -0.3 is 4.74 Å². The molecule has 0 aromatic heterocycles. The van der Waals surface area contributed by atoms with Crippen LogP contribution in [0.3, 0.4) is 0 Å². The summed E-state index contributed by atoms with van der Waals surface area (Å²) < 4.78 is 5.34. The lowest BCUT2D eigenvalue weighted by atomic mass is 9.81. The number of hydrogen-bond donors (Lipinski definition) is 0. The molecule has 5 atom stereocenters. The molecule has 160 valence electrons. The Balaban J connectivity index is 1.49. The van der Waals surface area contributed by atoms with E-state index in [1.807, 2.05) is 26.0 Å². The van der Waals surface area contributed by atoms with E-state index in [0.29, 0.717) is 5.56 Å². The zero-order valence-electron chi connectivity index (χ0n) is 18.0. The number of amides is 2. The van der Waals surface area contributed by atoms with Gasteiger partial charge in [-0.1, -0.05) is 31.5 Å². The van der Waals surface area contributed by atoms with Crippen LogP contribution in [0.1, 0.15) is 54.6 Å². The van der Waals surface area contributed by atoms with Crippen molar-refractivity contribution in [2.24, 2.45) is 29.6 Å². The van der Waals surface area contributed by atoms with Gasteiger partial charge in [0.2, 0.25) is 17.6 Å². The summed E-state index contributed by atoms with van der Waals surface area (Å²) in [5.74, 6) is -1.75. The number of benzene rings is 1. The Morgan fingerprint density at radius 1 is 1.07 bits per heavy atom. The summed E-state index contributed by atoms with van der Waals surface area (Å²) in [6.45, 7) is 6.91. The number of ether oxygens (including phenoxy) is 1. The number of carbonyl (C=O) groups is 4. The second kappa shape index (κ2) is 7.64. The van der Waals surface area contributed by atoms with E-state index >= 15 is 0 Å². The first kappa shape index (κ1) is 20.8. The van der Waals surface area contributed by atoms with Gasteiger partial charge in [-0.15, -0.1) is 0 Å². The molecule has 4 rings (SSSR count). The number of esters is 1. The van der Waals surface area contributed by atoms with Crippen molar-refractivity contribution in [3.63, 3.8) is 0 Å². The van der Waals surface area contributed by atoms with E-state index in [1.165, 1.54) is 0 Å². The number of imide groups is 1. The van der Waals surface area contributed by atoms with Crippen molar-refractivity contribution in [2.45, 2.75) is 53.0 Å². The molecule has 1 heterocycles. The lowest BCUT2D eigenvalue weighted by Gasteiger charge is -2.28. The second-order valence-electron chi connectivity index (χ2n) is 9.47. The van der Waals surface area contributed by atoms with Gasteiger partial charge in [-0.05, 0) is 62.5 Å². The fraction of sp³-hybridized carbons (Fsp3) is 0.583. The fourth-order valence-electron chi connectivity index (χ4n) is 5.72. The van der Waals surface area contributed by atoms with Crippen molar-refractivity contribution in [3.05, 3.63) is 34.9 Å². The number of nitrogens with zero attached hydrogens (tertiary/aromatic N) is 1. The van der Waals surface area contributed by atoms with Crippen LogP contribution < -0.4 is 0 Å². The van der Waals surface area contributed by atoms with Crippen LogP contribution in [-0.2, 0) is 19.1 Å². The highest BCUT2D eigenvalue weighted by molar-refractivity contribution is 6.09. The minimum absolute atomic E-state index is 0.228. The van der Waals surface area contributed by atoms with E-state index in [2.05, 4.69) is 0 Å². The first-order valence-corrected chi connectivity index (χ1v) is 10.8. The molecule has 1 aromatic rings. The molecule has 2 saturated carbocycles. The highest BCUT2D eigenvalue weighted by atomic mass is 16.5. The number of ketones is 1. The SMILES string of the molecule is Cc1ccc(C)c(C(=O)COC(=O)[C@@H](C(C)C)N2C(=O)[C@@H]3[C@@H]4CC[C@@H](C4)[C@@H]3C2=O)c1. The first-order chi connectivity index (χ1) is 14.2. The minimum atomic E-state index is -0.985. The highest BCUT2D eigenvalue weighted by Crippen LogP contribution is 2.56. The molecule has 0 spiro atoms. The third-order valence-corrected chi connectivity index (χ3v) is 7.15. The van der Waals surface area contributed by atoms with Crippen molar-refractivity contribution in [1.82, 2.24) is 4.90 Å². The Morgan fingerprint density at radius 3 is 2.23 bits per heavy atom. The number of likely N-dealkylation sites (tertiary alicyclic amines) is 1. The molecule has 2 aliphatic carbocycles. The van der Waals surface area contributed by atoms with Gasteiger partial charge in [-0.25, -0.2) is 4.79 Å². The molecule has 6 nitrogen and oxygen atoms in total. The van der Waals surface area contributed by atoms with Gasteiger partial charge in [0.1, 0.15) is 6.04 Å². The maximum absolute atomic E-state index is 13.1. The normalized spacial score (nSPS) is 28.2. The lowest BCUT2D eigenvalue weighted by Crippen LogP contribution is -2.50. The third kappa shape index (κ3) is 3.26. The van der Waals surface area contributed by atoms with Crippen LogP contribution in [0.2, 0.25) is 0 Å². The third-order valence-electron chi connectivity index (χ3n) is 7.15. The number of Topliss-reactive ketones (excluding diaryl/α,β-unsaturated/α-hetero) is 1. The van der Waals surface area contributed by atoms with E-state index in [9.17, 15) is 19.2 Å². The number of hydrogen-bond acceptors (Lipinski definition) is 5. The van der Waals surface area contributed by atoms with Crippen LogP contribution in [0.15, 0.2) is 18.2 Å². The first-order valence-electron chi connectivity index (χ1n) is 10.8. The van der Waals surface area contributed by atoms with Crippen LogP contribution in [0, 0.1) is 43.4 Å². The quantitative estimate of drug-likeness (QED) is 0.408. The van der Waals surface area contributed by atoms with Crippen LogP contribution >= 0.6 is 0 Å². The van der Waals surface area contributed by atoms with Crippen molar-refractivity contribution in [3.8, 4) is 0 Å². The van der Waals surface area contributed by atoms with Gasteiger partial charge in [-0.3, -0.25) is 19.3 Å². The lowest BCUT2D eigenvalue weighted by molar-refractivity contribution is -0.160. The van der Waals surface area contributed by atoms with E-state index < -0.39 is 18.6 Å². The van der Waals surface area contributed by atoms with Gasteiger partial charge in [0.15, 0.2) is 6.61 Å². The Morgan fingerprint density at radius 2 is 1.67 bits per heavy atom. The standard InChI is InChI=1S/C24H29NO5/c1-12(2)21(24(29)30-11-18(26)17-9-13(3)5-6-14(17)4)25-22(27)19-15-7-8-16(10-15)20(19)23(25)28/h5-6,9,12,15-16,19-21H,7-8,10-11H2,1-4H3/t15-,16+,19-,20+,21-/m1/s1. The summed E-state index contributed by atoms with van der Waals surface area (Å²) >= 11 is 0. The number of carbonyl (C=O) groups excluding carboxylic acids is 4. The number of rotatable bonds is 6. The van der Waals surface area contributed by atoms with Crippen LogP contribution in [0.25, 0.3) is 0 Å². The predicted octanol–water partition coefficient (Wildman–Crippen LogP) is 3.09. The van der Waals surface area contributed by atoms with Gasteiger partial charge in [0.25, 0.3) is 0 Å². The monoisotopic (exact) mass is 411 g/mol. The van der Waals surface area contributed by atoms with E-state index in [-0.39, 0.29) is 47.2 Å². The highest BCUT2D eigenvalue weighted by Gasteiger charge is 2.62. The smallest absolute Gasteiger partial charge is 0.330 e. The van der Waals surface area contributed by atoms with Gasteiger partial charge in [0.05, 0.1) is 11.8 Å². The predicted molar refractivity (Wildman–Crippen MR) is 109 cm³/mol. The average molecular weight is 411 g/mol. The zero-order valence-corrected chi connectivity index (χ0v) is 18.0. The summed E-state index contributed by atoms with van der Waals surface area (Å²) in [5, 5.41) is 0. The van der Waals surface area contributed by atoms with Crippen LogP contribution in [0.5, 0.6) is 0 Å². The fourth-order valence-corrected chi connectivity index (χ4v) is 5.72. The molecule has 1 aromatic carbocycles. The second-order valence-corrected chi connectivity index (χ2v) is 9.47. The van der Waals surface area contributed by atoms with Crippen LogP contribution in [0.4, 0.5) is 0 Å². The maximum atomic E-state index is 13.1. The van der Waals surface area contributed by atoms with Gasteiger partial charge >= 0.3 is 5.97 Å². The molecule has 0 radical (unpaired) electrons. The molecule has 2 amide bonds. The molecule has 0 unspecified atom stereocenters. The Bertz CT molecular complexity index is 892. The van der Waals surface area contributed by atoms with Crippen molar-refractivity contribution in [1.29, 1.82) is 0 Å². The Hall–Kier alpha value is -2.50. The van der Waals surface area contributed by atoms with E-state index in [0.717, 1.165) is 35.3 Å². The van der Waals surface area contributed by atoms with E-state index in [1.54, 1.807) is 19.9 Å². The molecule has 3 aliphatic rings. The minimum Gasteiger partial charge on any atom is -0.456 e. The average Bonchev–Trinajstić information content (AvgIpc) is 3.37. The summed E-state index contributed by atoms with van der Waals surface area (Å²) in [4.78, 5) is 52.9. The van der Waals surface area contributed by atoms with Crippen molar-refractivity contribution in [2.75, 3.05) is 6.61 Å². The molecule has 2 bridgehead atoms. The number of aryl methyl sites for hydroxylation is 2. The summed E-state index contributed by atoms with van der Waals surface area (Å²) in [5.41, 5.74) is 2.28. The molecule has 30 heavy (non-hydrogen) atoms. The van der Waals surface area contributed by atoms with Crippen molar-refractivity contribution < 1.29 is 23.9 Å². The Kier molecular flexibility index (Phi) is 5.28. The molecular weight excluding hydrogens is 382 g/mol. The number of fused-ring (bicyclic) bond motifs is 5.